The largest absolute Gasteiger partial charge is 0.356 e. The number of amides is 2. The highest BCUT2D eigenvalue weighted by Gasteiger charge is 2.07. The molecule has 0 saturated carbocycles. The molecule has 0 aliphatic rings. The zero-order chi connectivity index (χ0) is 25.8. The van der Waals surface area contributed by atoms with Gasteiger partial charge in [-0.15, -0.1) is 0 Å². The molecule has 7 heteroatoms. The fourth-order valence-corrected chi connectivity index (χ4v) is 3.52. The molecule has 0 bridgehead atoms. The van der Waals surface area contributed by atoms with Crippen molar-refractivity contribution >= 4 is 28.9 Å². The molecule has 0 radical (unpaired) electrons. The van der Waals surface area contributed by atoms with E-state index in [4.69, 9.17) is 4.99 Å². The summed E-state index contributed by atoms with van der Waals surface area (Å²) >= 11 is 0. The van der Waals surface area contributed by atoms with Crippen molar-refractivity contribution in [3.8, 4) is 0 Å². The Morgan fingerprint density at radius 1 is 0.706 bits per heavy atom. The van der Waals surface area contributed by atoms with Crippen LogP contribution in [0.15, 0.2) is 15.0 Å². The van der Waals surface area contributed by atoms with Gasteiger partial charge in [-0.3, -0.25) is 24.6 Å². The molecule has 0 rings (SSSR count). The minimum atomic E-state index is 0.0868. The second-order valence-corrected chi connectivity index (χ2v) is 9.59. The topological polar surface area (TPSA) is 95.3 Å². The molecule has 0 saturated heterocycles. The zero-order valence-corrected chi connectivity index (χ0v) is 23.0. The van der Waals surface area contributed by atoms with Crippen molar-refractivity contribution in [3.05, 3.63) is 0 Å². The molecule has 0 spiro atoms. The van der Waals surface area contributed by atoms with E-state index >= 15 is 0 Å². The second-order valence-electron chi connectivity index (χ2n) is 9.59. The summed E-state index contributed by atoms with van der Waals surface area (Å²) in [4.78, 5) is 37.7. The van der Waals surface area contributed by atoms with Crippen molar-refractivity contribution in [2.75, 3.05) is 19.6 Å². The van der Waals surface area contributed by atoms with Gasteiger partial charge in [0.2, 0.25) is 11.8 Å². The lowest BCUT2D eigenvalue weighted by molar-refractivity contribution is -0.122. The lowest BCUT2D eigenvalue weighted by Gasteiger charge is -2.10. The highest BCUT2D eigenvalue weighted by Crippen LogP contribution is 2.05. The van der Waals surface area contributed by atoms with Crippen LogP contribution in [0.3, 0.4) is 0 Å². The first-order chi connectivity index (χ1) is 16.1. The predicted molar refractivity (Wildman–Crippen MR) is 147 cm³/mol. The molecule has 0 aliphatic heterocycles. The fourth-order valence-electron chi connectivity index (χ4n) is 3.52. The highest BCUT2D eigenvalue weighted by atomic mass is 16.2. The van der Waals surface area contributed by atoms with Crippen LogP contribution in [0.5, 0.6) is 0 Å². The summed E-state index contributed by atoms with van der Waals surface area (Å²) in [6, 6.07) is 0.310. The van der Waals surface area contributed by atoms with Gasteiger partial charge in [0.25, 0.3) is 0 Å². The first-order valence-electron chi connectivity index (χ1n) is 13.2. The maximum atomic E-state index is 12.1. The van der Waals surface area contributed by atoms with Gasteiger partial charge in [-0.25, -0.2) is 0 Å². The van der Waals surface area contributed by atoms with Crippen LogP contribution in [0.25, 0.3) is 0 Å². The standard InChI is InChI=1S/C27H51N5O2/c1-8-9-18-28-22(4)12-10-19-29-27(34)17-15-25(7)32-23(5)13-11-20-30-26(33)16-14-24(6)31-21(2)3/h24-25H,8-20H2,1-7H3,(H,29,34)(H,30,33). The summed E-state index contributed by atoms with van der Waals surface area (Å²) in [7, 11) is 0. The van der Waals surface area contributed by atoms with Gasteiger partial charge in [0.1, 0.15) is 0 Å². The number of carbonyl (C=O) groups excluding carboxylic acids is 2. The van der Waals surface area contributed by atoms with Crippen LogP contribution in [0, 0.1) is 0 Å². The van der Waals surface area contributed by atoms with Crippen molar-refractivity contribution in [1.82, 2.24) is 10.6 Å². The Hall–Kier alpha value is -2.05. The van der Waals surface area contributed by atoms with Gasteiger partial charge in [-0.1, -0.05) is 13.3 Å². The molecular formula is C27H51N5O2. The van der Waals surface area contributed by atoms with Crippen molar-refractivity contribution in [2.45, 2.75) is 125 Å². The Kier molecular flexibility index (Phi) is 19.1. The summed E-state index contributed by atoms with van der Waals surface area (Å²) in [5, 5.41) is 5.98. The SMILES string of the molecule is CCCCN=C(C)CCCNC(=O)CCC(C)N=C(C)CCCNC(=O)CCC(C)N=C(C)C. The maximum Gasteiger partial charge on any atom is 0.220 e. The first kappa shape index (κ1) is 31.9. The number of nitrogens with one attached hydrogen (secondary N) is 2. The smallest absolute Gasteiger partial charge is 0.220 e. The third kappa shape index (κ3) is 20.5. The number of carbonyl (C=O) groups is 2. The van der Waals surface area contributed by atoms with Crippen LogP contribution >= 0.6 is 0 Å². The van der Waals surface area contributed by atoms with E-state index in [1.165, 1.54) is 12.1 Å². The van der Waals surface area contributed by atoms with E-state index in [1.54, 1.807) is 0 Å². The van der Waals surface area contributed by atoms with Gasteiger partial charge >= 0.3 is 0 Å². The van der Waals surface area contributed by atoms with E-state index in [-0.39, 0.29) is 23.9 Å². The van der Waals surface area contributed by atoms with Crippen molar-refractivity contribution in [1.29, 1.82) is 0 Å². The highest BCUT2D eigenvalue weighted by molar-refractivity contribution is 5.83. The number of rotatable bonds is 19. The lowest BCUT2D eigenvalue weighted by atomic mass is 10.1. The third-order valence-corrected chi connectivity index (χ3v) is 5.47. The average Bonchev–Trinajstić information content (AvgIpc) is 2.76. The van der Waals surface area contributed by atoms with E-state index in [1.807, 2.05) is 27.7 Å². The first-order valence-corrected chi connectivity index (χ1v) is 13.2. The van der Waals surface area contributed by atoms with Crippen LogP contribution in [-0.4, -0.2) is 60.7 Å². The molecule has 0 aromatic heterocycles. The van der Waals surface area contributed by atoms with Gasteiger partial charge in [-0.05, 0) is 86.5 Å². The van der Waals surface area contributed by atoms with Gasteiger partial charge in [-0.2, -0.15) is 0 Å². The summed E-state index contributed by atoms with van der Waals surface area (Å²) < 4.78 is 0. The van der Waals surface area contributed by atoms with Crippen LogP contribution in [-0.2, 0) is 9.59 Å². The van der Waals surface area contributed by atoms with Gasteiger partial charge in [0, 0.05) is 61.7 Å². The minimum absolute atomic E-state index is 0.0868. The number of hydrogen-bond donors (Lipinski definition) is 2. The Labute approximate surface area is 208 Å². The van der Waals surface area contributed by atoms with E-state index in [9.17, 15) is 9.59 Å². The Bertz CT molecular complexity index is 666. The summed E-state index contributed by atoms with van der Waals surface area (Å²) in [5.74, 6) is 0.181. The van der Waals surface area contributed by atoms with Crippen LogP contribution < -0.4 is 10.6 Å². The molecule has 0 heterocycles. The lowest BCUT2D eigenvalue weighted by Crippen LogP contribution is -2.25. The molecule has 0 aromatic carbocycles. The van der Waals surface area contributed by atoms with Gasteiger partial charge in [0.05, 0.1) is 0 Å². The normalized spacial score (nSPS) is 13.9. The summed E-state index contributed by atoms with van der Waals surface area (Å²) in [5.41, 5.74) is 3.29. The number of nitrogens with zero attached hydrogens (tertiary/aromatic N) is 3. The van der Waals surface area contributed by atoms with Gasteiger partial charge < -0.3 is 10.6 Å². The maximum absolute atomic E-state index is 12.1. The molecule has 2 N–H and O–H groups in total. The fraction of sp³-hybridized carbons (Fsp3) is 0.815. The summed E-state index contributed by atoms with van der Waals surface area (Å²) in [6.07, 6.45) is 8.43. The Morgan fingerprint density at radius 2 is 1.21 bits per heavy atom. The summed E-state index contributed by atoms with van der Waals surface area (Å²) in [6.45, 7) is 16.6. The molecule has 7 nitrogen and oxygen atoms in total. The number of aliphatic imine (C=N–C) groups is 3. The molecule has 196 valence electrons. The molecule has 0 fully saturated rings. The Morgan fingerprint density at radius 3 is 1.71 bits per heavy atom. The average molecular weight is 478 g/mol. The van der Waals surface area contributed by atoms with E-state index in [2.05, 4.69) is 41.4 Å². The van der Waals surface area contributed by atoms with E-state index < -0.39 is 0 Å². The minimum Gasteiger partial charge on any atom is -0.356 e. The Balaban J connectivity index is 3.92. The molecule has 34 heavy (non-hydrogen) atoms. The van der Waals surface area contributed by atoms with E-state index in [0.717, 1.165) is 62.9 Å². The predicted octanol–water partition coefficient (Wildman–Crippen LogP) is 5.32. The zero-order valence-electron chi connectivity index (χ0n) is 23.0. The third-order valence-electron chi connectivity index (χ3n) is 5.47. The van der Waals surface area contributed by atoms with Crippen molar-refractivity contribution in [2.24, 2.45) is 15.0 Å². The molecule has 2 unspecified atom stereocenters. The van der Waals surface area contributed by atoms with Gasteiger partial charge in [0.15, 0.2) is 0 Å². The van der Waals surface area contributed by atoms with E-state index in [0.29, 0.717) is 25.9 Å². The van der Waals surface area contributed by atoms with Crippen LogP contribution in [0.2, 0.25) is 0 Å². The molecule has 2 atom stereocenters. The second kappa shape index (κ2) is 20.3. The quantitative estimate of drug-likeness (QED) is 0.194. The van der Waals surface area contributed by atoms with Crippen molar-refractivity contribution < 1.29 is 9.59 Å². The molecule has 0 aliphatic carbocycles. The monoisotopic (exact) mass is 477 g/mol. The van der Waals surface area contributed by atoms with Crippen LogP contribution in [0.1, 0.15) is 113 Å². The molecule has 0 aromatic rings. The van der Waals surface area contributed by atoms with Crippen LogP contribution in [0.4, 0.5) is 0 Å². The number of unbranched alkanes of at least 4 members (excludes halogenated alkanes) is 1. The van der Waals surface area contributed by atoms with Crippen molar-refractivity contribution in [3.63, 3.8) is 0 Å². The molecule has 2 amide bonds. The number of hydrogen-bond acceptors (Lipinski definition) is 5. The molecular weight excluding hydrogens is 426 g/mol.